The Morgan fingerprint density at radius 2 is 2.11 bits per heavy atom. The predicted octanol–water partition coefficient (Wildman–Crippen LogP) is 3.06. The first-order valence-corrected chi connectivity index (χ1v) is 7.89. The molecule has 19 heavy (non-hydrogen) atoms. The molecule has 1 heterocycles. The van der Waals surface area contributed by atoms with Crippen LogP contribution in [0.5, 0.6) is 0 Å². The summed E-state index contributed by atoms with van der Waals surface area (Å²) in [6, 6.07) is 10.4. The van der Waals surface area contributed by atoms with Gasteiger partial charge in [0, 0.05) is 23.4 Å². The van der Waals surface area contributed by atoms with Crippen molar-refractivity contribution in [1.82, 2.24) is 15.5 Å². The quantitative estimate of drug-likeness (QED) is 0.850. The molecular weight excluding hydrogens is 254 g/mol. The van der Waals surface area contributed by atoms with Crippen LogP contribution in [0.25, 0.3) is 11.3 Å². The van der Waals surface area contributed by atoms with E-state index in [1.165, 1.54) is 24.0 Å². The van der Waals surface area contributed by atoms with E-state index in [9.17, 15) is 0 Å². The zero-order valence-corrected chi connectivity index (χ0v) is 12.0. The van der Waals surface area contributed by atoms with E-state index in [4.69, 9.17) is 0 Å². The maximum Gasteiger partial charge on any atom is 0.0695 e. The van der Waals surface area contributed by atoms with Gasteiger partial charge in [0.05, 0.1) is 11.9 Å². The topological polar surface area (TPSA) is 40.7 Å². The van der Waals surface area contributed by atoms with Crippen LogP contribution in [-0.4, -0.2) is 27.7 Å². The van der Waals surface area contributed by atoms with Crippen LogP contribution in [-0.2, 0) is 6.54 Å². The Hall–Kier alpha value is -1.26. The zero-order chi connectivity index (χ0) is 13.1. The fourth-order valence-electron chi connectivity index (χ4n) is 2.32. The average molecular weight is 273 g/mol. The van der Waals surface area contributed by atoms with E-state index in [0.29, 0.717) is 4.75 Å². The van der Waals surface area contributed by atoms with Crippen LogP contribution in [0.15, 0.2) is 36.5 Å². The molecule has 100 valence electrons. The molecule has 4 heteroatoms. The number of rotatable bonds is 6. The molecule has 0 radical (unpaired) electrons. The lowest BCUT2D eigenvalue weighted by molar-refractivity contribution is 0.664. The smallest absolute Gasteiger partial charge is 0.0695 e. The van der Waals surface area contributed by atoms with Crippen molar-refractivity contribution in [1.29, 1.82) is 0 Å². The van der Waals surface area contributed by atoms with E-state index in [1.807, 2.05) is 24.0 Å². The van der Waals surface area contributed by atoms with E-state index < -0.39 is 0 Å². The van der Waals surface area contributed by atoms with Crippen LogP contribution in [0.2, 0.25) is 0 Å². The maximum atomic E-state index is 4.18. The molecule has 3 rings (SSSR count). The van der Waals surface area contributed by atoms with Gasteiger partial charge in [0.2, 0.25) is 0 Å². The molecule has 2 N–H and O–H groups in total. The lowest BCUT2D eigenvalue weighted by atomic mass is 10.1. The van der Waals surface area contributed by atoms with Crippen molar-refractivity contribution in [3.05, 3.63) is 42.1 Å². The van der Waals surface area contributed by atoms with Gasteiger partial charge < -0.3 is 5.32 Å². The van der Waals surface area contributed by atoms with Crippen molar-refractivity contribution >= 4 is 11.8 Å². The number of nitrogens with one attached hydrogen (secondary N) is 2. The highest BCUT2D eigenvalue weighted by Crippen LogP contribution is 2.46. The molecule has 1 fully saturated rings. The van der Waals surface area contributed by atoms with E-state index in [2.05, 4.69) is 46.0 Å². The second-order valence-corrected chi connectivity index (χ2v) is 6.40. The Bertz CT molecular complexity index is 531. The van der Waals surface area contributed by atoms with Gasteiger partial charge in [-0.15, -0.1) is 0 Å². The summed E-state index contributed by atoms with van der Waals surface area (Å²) in [5, 5.41) is 10.9. The van der Waals surface area contributed by atoms with Crippen LogP contribution >= 0.6 is 11.8 Å². The normalized spacial score (nSPS) is 16.5. The highest BCUT2D eigenvalue weighted by Gasteiger charge is 2.41. The van der Waals surface area contributed by atoms with E-state index in [-0.39, 0.29) is 0 Å². The van der Waals surface area contributed by atoms with Gasteiger partial charge in [-0.3, -0.25) is 5.10 Å². The number of thioether (sulfide) groups is 1. The van der Waals surface area contributed by atoms with Crippen molar-refractivity contribution in [3.63, 3.8) is 0 Å². The van der Waals surface area contributed by atoms with Gasteiger partial charge in [0.25, 0.3) is 0 Å². The van der Waals surface area contributed by atoms with Crippen LogP contribution in [0.3, 0.4) is 0 Å². The number of hydrogen-bond donors (Lipinski definition) is 2. The molecule has 0 bridgehead atoms. The molecule has 2 aromatic rings. The lowest BCUT2D eigenvalue weighted by Crippen LogP contribution is -2.25. The molecule has 0 spiro atoms. The summed E-state index contributed by atoms with van der Waals surface area (Å²) >= 11 is 1.99. The Labute approximate surface area is 118 Å². The second kappa shape index (κ2) is 5.39. The first kappa shape index (κ1) is 12.8. The molecule has 1 aliphatic carbocycles. The molecular formula is C15H19N3S. The molecule has 1 saturated carbocycles. The van der Waals surface area contributed by atoms with Gasteiger partial charge in [-0.05, 0) is 24.7 Å². The fraction of sp³-hybridized carbons (Fsp3) is 0.400. The molecule has 0 atom stereocenters. The first-order chi connectivity index (χ1) is 9.33. The molecule has 0 unspecified atom stereocenters. The van der Waals surface area contributed by atoms with Crippen molar-refractivity contribution in [2.45, 2.75) is 24.1 Å². The minimum absolute atomic E-state index is 0.511. The SMILES string of the molecule is CSC1(CNCc2cn[nH]c2-c2ccccc2)CC1. The predicted molar refractivity (Wildman–Crippen MR) is 81.2 cm³/mol. The molecule has 0 amide bonds. The largest absolute Gasteiger partial charge is 0.311 e. The number of hydrogen-bond acceptors (Lipinski definition) is 3. The number of benzene rings is 1. The highest BCUT2D eigenvalue weighted by atomic mass is 32.2. The van der Waals surface area contributed by atoms with Crippen molar-refractivity contribution in [2.24, 2.45) is 0 Å². The Kier molecular flexibility index (Phi) is 3.62. The third-order valence-corrected chi connectivity index (χ3v) is 5.20. The average Bonchev–Trinajstić information content (AvgIpc) is 3.09. The summed E-state index contributed by atoms with van der Waals surface area (Å²) < 4.78 is 0.511. The van der Waals surface area contributed by atoms with Crippen LogP contribution in [0.4, 0.5) is 0 Å². The van der Waals surface area contributed by atoms with Crippen molar-refractivity contribution in [3.8, 4) is 11.3 Å². The third-order valence-electron chi connectivity index (χ3n) is 3.78. The molecule has 1 aliphatic rings. The summed E-state index contributed by atoms with van der Waals surface area (Å²) in [5.74, 6) is 0. The van der Waals surface area contributed by atoms with Gasteiger partial charge in [0.1, 0.15) is 0 Å². The molecule has 0 saturated heterocycles. The summed E-state index contributed by atoms with van der Waals surface area (Å²) in [4.78, 5) is 0. The van der Waals surface area contributed by atoms with Crippen molar-refractivity contribution in [2.75, 3.05) is 12.8 Å². The van der Waals surface area contributed by atoms with E-state index >= 15 is 0 Å². The molecule has 3 nitrogen and oxygen atoms in total. The first-order valence-electron chi connectivity index (χ1n) is 6.66. The van der Waals surface area contributed by atoms with Gasteiger partial charge in [-0.2, -0.15) is 16.9 Å². The van der Waals surface area contributed by atoms with Crippen molar-refractivity contribution < 1.29 is 0 Å². The summed E-state index contributed by atoms with van der Waals surface area (Å²) in [6.07, 6.45) is 6.83. The number of aromatic nitrogens is 2. The number of nitrogens with zero attached hydrogens (tertiary/aromatic N) is 1. The minimum atomic E-state index is 0.511. The second-order valence-electron chi connectivity index (χ2n) is 5.13. The highest BCUT2D eigenvalue weighted by molar-refractivity contribution is 8.00. The summed E-state index contributed by atoms with van der Waals surface area (Å²) in [6.45, 7) is 1.97. The lowest BCUT2D eigenvalue weighted by Gasteiger charge is -2.13. The van der Waals surface area contributed by atoms with Crippen LogP contribution < -0.4 is 5.32 Å². The monoisotopic (exact) mass is 273 g/mol. The number of aromatic amines is 1. The molecule has 1 aromatic heterocycles. The zero-order valence-electron chi connectivity index (χ0n) is 11.1. The summed E-state index contributed by atoms with van der Waals surface area (Å²) in [7, 11) is 0. The Morgan fingerprint density at radius 1 is 1.32 bits per heavy atom. The van der Waals surface area contributed by atoms with Gasteiger partial charge in [-0.25, -0.2) is 0 Å². The fourth-order valence-corrected chi connectivity index (χ4v) is 3.07. The Balaban J connectivity index is 1.64. The van der Waals surface area contributed by atoms with Gasteiger partial charge >= 0.3 is 0 Å². The van der Waals surface area contributed by atoms with Gasteiger partial charge in [-0.1, -0.05) is 30.3 Å². The van der Waals surface area contributed by atoms with E-state index in [1.54, 1.807) is 0 Å². The minimum Gasteiger partial charge on any atom is -0.311 e. The van der Waals surface area contributed by atoms with Crippen LogP contribution in [0, 0.1) is 0 Å². The third kappa shape index (κ3) is 2.85. The number of H-pyrrole nitrogens is 1. The van der Waals surface area contributed by atoms with Gasteiger partial charge in [0.15, 0.2) is 0 Å². The van der Waals surface area contributed by atoms with E-state index in [0.717, 1.165) is 18.8 Å². The van der Waals surface area contributed by atoms with Crippen LogP contribution in [0.1, 0.15) is 18.4 Å². The standard InChI is InChI=1S/C15H19N3S/c1-19-15(7-8-15)11-16-9-13-10-17-18-14(13)12-5-3-2-4-6-12/h2-6,10,16H,7-9,11H2,1H3,(H,17,18). The summed E-state index contributed by atoms with van der Waals surface area (Å²) in [5.41, 5.74) is 3.56. The Morgan fingerprint density at radius 3 is 2.79 bits per heavy atom. The molecule has 0 aliphatic heterocycles. The molecule has 1 aromatic carbocycles. The maximum absolute atomic E-state index is 4.18.